The average Bonchev–Trinajstić information content (AvgIpc) is 3.02. The second kappa shape index (κ2) is 9.09. The molecule has 0 saturated heterocycles. The zero-order valence-corrected chi connectivity index (χ0v) is 15.5. The number of allylic oxidation sites excluding steroid dienone is 1. The van der Waals surface area contributed by atoms with Crippen molar-refractivity contribution < 1.29 is 9.84 Å². The molecule has 0 fully saturated rings. The van der Waals surface area contributed by atoms with Gasteiger partial charge in [0.05, 0.1) is 18.6 Å². The molecule has 0 aromatic heterocycles. The minimum atomic E-state index is -0.643. The molecule has 3 nitrogen and oxygen atoms in total. The Bertz CT molecular complexity index is 734. The molecule has 132 valence electrons. The molecule has 0 aliphatic carbocycles. The molecule has 3 rings (SSSR count). The smallest absolute Gasteiger partial charge is 0.143 e. The maximum atomic E-state index is 9.61. The number of benzene rings is 2. The maximum absolute atomic E-state index is 9.61. The SMILES string of the molecule is OC(CCl)COC1=CN(Cc2ccccc2)S(Cc2ccccc2)=C1. The van der Waals surface area contributed by atoms with Crippen LogP contribution in [-0.2, 0) is 17.0 Å². The van der Waals surface area contributed by atoms with Crippen LogP contribution in [0.4, 0.5) is 0 Å². The van der Waals surface area contributed by atoms with Gasteiger partial charge in [-0.2, -0.15) is 0 Å². The summed E-state index contributed by atoms with van der Waals surface area (Å²) in [4.78, 5) is 0. The fraction of sp³-hybridized carbons (Fsp3) is 0.250. The zero-order valence-electron chi connectivity index (χ0n) is 13.9. The van der Waals surface area contributed by atoms with Crippen molar-refractivity contribution >= 4 is 27.6 Å². The summed E-state index contributed by atoms with van der Waals surface area (Å²) in [5.74, 6) is 1.92. The molecule has 2 aromatic carbocycles. The Morgan fingerprint density at radius 1 is 1.00 bits per heavy atom. The summed E-state index contributed by atoms with van der Waals surface area (Å²) in [5, 5.41) is 11.8. The maximum Gasteiger partial charge on any atom is 0.143 e. The molecule has 5 heteroatoms. The third-order valence-corrected chi connectivity index (χ3v) is 6.11. The van der Waals surface area contributed by atoms with Crippen LogP contribution in [0.25, 0.3) is 0 Å². The third-order valence-electron chi connectivity index (χ3n) is 3.78. The summed E-state index contributed by atoms with van der Waals surface area (Å²) in [6.07, 6.45) is 1.40. The number of hydrogen-bond acceptors (Lipinski definition) is 3. The highest BCUT2D eigenvalue weighted by Crippen LogP contribution is 2.33. The number of aliphatic hydroxyl groups is 1. The molecule has 2 atom stereocenters. The predicted molar refractivity (Wildman–Crippen MR) is 107 cm³/mol. The summed E-state index contributed by atoms with van der Waals surface area (Å²) in [6, 6.07) is 20.9. The molecule has 0 radical (unpaired) electrons. The Kier molecular flexibility index (Phi) is 6.56. The van der Waals surface area contributed by atoms with Crippen LogP contribution in [0.3, 0.4) is 0 Å². The Hall–Kier alpha value is -1.75. The molecule has 0 saturated carbocycles. The Labute approximate surface area is 156 Å². The van der Waals surface area contributed by atoms with Crippen LogP contribution in [0.15, 0.2) is 72.6 Å². The molecular formula is C20H22ClNO2S. The Balaban J connectivity index is 1.73. The second-order valence-electron chi connectivity index (χ2n) is 5.86. The topological polar surface area (TPSA) is 32.7 Å². The van der Waals surface area contributed by atoms with Crippen molar-refractivity contribution in [3.63, 3.8) is 0 Å². The first-order chi connectivity index (χ1) is 12.2. The molecule has 1 aliphatic rings. The van der Waals surface area contributed by atoms with Gasteiger partial charge in [0.2, 0.25) is 0 Å². The van der Waals surface area contributed by atoms with Gasteiger partial charge in [-0.05, 0) is 11.1 Å². The lowest BCUT2D eigenvalue weighted by Crippen LogP contribution is -2.16. The van der Waals surface area contributed by atoms with Crippen molar-refractivity contribution in [2.45, 2.75) is 18.4 Å². The van der Waals surface area contributed by atoms with Crippen molar-refractivity contribution in [2.24, 2.45) is 0 Å². The van der Waals surface area contributed by atoms with Crippen LogP contribution < -0.4 is 0 Å². The van der Waals surface area contributed by atoms with Gasteiger partial charge in [-0.3, -0.25) is 0 Å². The minimum Gasteiger partial charge on any atom is -0.489 e. The summed E-state index contributed by atoms with van der Waals surface area (Å²) in [5.41, 5.74) is 2.57. The van der Waals surface area contributed by atoms with Gasteiger partial charge in [0.25, 0.3) is 0 Å². The lowest BCUT2D eigenvalue weighted by Gasteiger charge is -2.21. The van der Waals surface area contributed by atoms with E-state index in [1.807, 2.05) is 18.3 Å². The van der Waals surface area contributed by atoms with Crippen LogP contribution in [0.5, 0.6) is 0 Å². The van der Waals surface area contributed by atoms with Gasteiger partial charge < -0.3 is 14.1 Å². The van der Waals surface area contributed by atoms with E-state index in [2.05, 4.69) is 58.2 Å². The number of halogens is 1. The van der Waals surface area contributed by atoms with Gasteiger partial charge in [-0.15, -0.1) is 11.6 Å². The molecule has 0 spiro atoms. The van der Waals surface area contributed by atoms with E-state index in [-0.39, 0.29) is 23.2 Å². The highest BCUT2D eigenvalue weighted by molar-refractivity contribution is 8.12. The fourth-order valence-corrected chi connectivity index (χ4v) is 4.47. The van der Waals surface area contributed by atoms with Crippen molar-refractivity contribution in [1.29, 1.82) is 0 Å². The Morgan fingerprint density at radius 3 is 2.28 bits per heavy atom. The molecule has 25 heavy (non-hydrogen) atoms. The summed E-state index contributed by atoms with van der Waals surface area (Å²) < 4.78 is 8.04. The van der Waals surface area contributed by atoms with Crippen LogP contribution in [0.2, 0.25) is 0 Å². The molecule has 2 aromatic rings. The highest BCUT2D eigenvalue weighted by atomic mass is 35.5. The van der Waals surface area contributed by atoms with E-state index in [4.69, 9.17) is 16.3 Å². The van der Waals surface area contributed by atoms with E-state index in [0.717, 1.165) is 18.1 Å². The number of ether oxygens (including phenoxy) is 1. The monoisotopic (exact) mass is 375 g/mol. The van der Waals surface area contributed by atoms with Crippen LogP contribution in [0.1, 0.15) is 11.1 Å². The lowest BCUT2D eigenvalue weighted by atomic mass is 10.2. The van der Waals surface area contributed by atoms with E-state index in [1.54, 1.807) is 0 Å². The number of hydrogen-bond donors (Lipinski definition) is 1. The third kappa shape index (κ3) is 5.36. The van der Waals surface area contributed by atoms with E-state index in [0.29, 0.717) is 0 Å². The normalized spacial score (nSPS) is 17.8. The van der Waals surface area contributed by atoms with Crippen LogP contribution in [-0.4, -0.2) is 33.4 Å². The number of nitrogens with zero attached hydrogens (tertiary/aromatic N) is 1. The molecule has 2 unspecified atom stereocenters. The van der Waals surface area contributed by atoms with Gasteiger partial charge in [0, 0.05) is 11.1 Å². The first kappa shape index (κ1) is 18.1. The lowest BCUT2D eigenvalue weighted by molar-refractivity contribution is 0.0930. The van der Waals surface area contributed by atoms with Crippen LogP contribution >= 0.6 is 22.3 Å². The first-order valence-electron chi connectivity index (χ1n) is 8.22. The van der Waals surface area contributed by atoms with Crippen molar-refractivity contribution in [3.05, 3.63) is 83.7 Å². The quantitative estimate of drug-likeness (QED) is 0.555. The fourth-order valence-electron chi connectivity index (χ4n) is 2.51. The summed E-state index contributed by atoms with van der Waals surface area (Å²) >= 11 is 5.64. The van der Waals surface area contributed by atoms with Gasteiger partial charge in [-0.25, -0.2) is 0 Å². The molecular weight excluding hydrogens is 354 g/mol. The summed E-state index contributed by atoms with van der Waals surface area (Å²) in [7, 11) is -0.0872. The van der Waals surface area contributed by atoms with E-state index in [9.17, 15) is 5.11 Å². The summed E-state index contributed by atoms with van der Waals surface area (Å²) in [6.45, 7) is 1.05. The standard InChI is InChI=1S/C20H22ClNO2S/c21-11-19(23)14-24-20-13-22(12-17-7-3-1-4-8-17)25(16-20)15-18-9-5-2-6-10-18/h1-10,13,16,19,23H,11-12,14-15H2. The molecule has 0 bridgehead atoms. The molecule has 1 heterocycles. The number of alkyl halides is 1. The average molecular weight is 376 g/mol. The van der Waals surface area contributed by atoms with Gasteiger partial charge in [0.1, 0.15) is 18.5 Å². The minimum absolute atomic E-state index is 0.0872. The number of aliphatic hydroxyl groups excluding tert-OH is 1. The molecule has 0 amide bonds. The molecule has 1 aliphatic heterocycles. The Morgan fingerprint density at radius 2 is 1.64 bits per heavy atom. The largest absolute Gasteiger partial charge is 0.489 e. The number of rotatable bonds is 8. The van der Waals surface area contributed by atoms with Gasteiger partial charge >= 0.3 is 0 Å². The van der Waals surface area contributed by atoms with Gasteiger partial charge in [-0.1, -0.05) is 71.3 Å². The van der Waals surface area contributed by atoms with Crippen molar-refractivity contribution in [1.82, 2.24) is 4.31 Å². The van der Waals surface area contributed by atoms with E-state index < -0.39 is 6.10 Å². The zero-order chi connectivity index (χ0) is 17.5. The molecule has 1 N–H and O–H groups in total. The highest BCUT2D eigenvalue weighted by Gasteiger charge is 2.17. The predicted octanol–water partition coefficient (Wildman–Crippen LogP) is 4.15. The van der Waals surface area contributed by atoms with E-state index >= 15 is 0 Å². The van der Waals surface area contributed by atoms with E-state index in [1.165, 1.54) is 11.1 Å². The van der Waals surface area contributed by atoms with Crippen molar-refractivity contribution in [3.8, 4) is 0 Å². The first-order valence-corrected chi connectivity index (χ1v) is 10.2. The van der Waals surface area contributed by atoms with Crippen molar-refractivity contribution in [2.75, 3.05) is 12.5 Å². The van der Waals surface area contributed by atoms with Gasteiger partial charge in [0.15, 0.2) is 0 Å². The second-order valence-corrected chi connectivity index (χ2v) is 7.96. The van der Waals surface area contributed by atoms with Crippen LogP contribution in [0, 0.1) is 0 Å².